The van der Waals surface area contributed by atoms with Crippen LogP contribution in [0.25, 0.3) is 0 Å². The maximum Gasteiger partial charge on any atom is 0.311 e. The number of rotatable bonds is 17. The van der Waals surface area contributed by atoms with Crippen LogP contribution in [0.1, 0.15) is 55.1 Å². The van der Waals surface area contributed by atoms with Crippen LogP contribution in [0.5, 0.6) is 5.75 Å². The van der Waals surface area contributed by atoms with Gasteiger partial charge in [0.2, 0.25) is 0 Å². The lowest BCUT2D eigenvalue weighted by atomic mass is 9.86. The number of Topliss-reactive ketones (excluding diaryl/α,β-unsaturated/α-hetero) is 1. The third kappa shape index (κ3) is 9.53. The van der Waals surface area contributed by atoms with Gasteiger partial charge in [0, 0.05) is 11.3 Å². The average molecular weight is 566 g/mol. The van der Waals surface area contributed by atoms with Gasteiger partial charge in [-0.25, -0.2) is 8.78 Å². The third-order valence-electron chi connectivity index (χ3n) is 6.47. The monoisotopic (exact) mass is 565 g/mol. The minimum absolute atomic E-state index is 0.0451. The number of nitrogens with one attached hydrogen (secondary N) is 1. The zero-order chi connectivity index (χ0) is 29.6. The van der Waals surface area contributed by atoms with Crippen molar-refractivity contribution in [1.29, 1.82) is 0 Å². The highest BCUT2D eigenvalue weighted by atomic mass is 19.1. The molecule has 6 nitrogen and oxygen atoms in total. The van der Waals surface area contributed by atoms with E-state index in [0.717, 1.165) is 18.4 Å². The lowest BCUT2D eigenvalue weighted by Gasteiger charge is -2.30. The molecule has 8 heteroatoms. The number of hydrogen-bond acceptors (Lipinski definition) is 6. The molecule has 0 fully saturated rings. The molecule has 0 aliphatic heterocycles. The quantitative estimate of drug-likeness (QED) is 0.0800. The van der Waals surface area contributed by atoms with Crippen molar-refractivity contribution in [2.75, 3.05) is 25.1 Å². The fourth-order valence-electron chi connectivity index (χ4n) is 4.33. The second-order valence-corrected chi connectivity index (χ2v) is 9.48. The SMILES string of the molecule is C=CCOC(CC(C(=O)OCC)C(Nc1ccc(F)cc1)c1ccc(OCCCC)cc1)C(=O)c1ccc(F)cc1. The lowest BCUT2D eigenvalue weighted by Crippen LogP contribution is -2.36. The van der Waals surface area contributed by atoms with E-state index in [9.17, 15) is 18.4 Å². The van der Waals surface area contributed by atoms with E-state index in [-0.39, 0.29) is 25.2 Å². The normalized spacial score (nSPS) is 13.1. The Labute approximate surface area is 240 Å². The molecule has 0 radical (unpaired) electrons. The standard InChI is InChI=1S/C33H37F2NO5/c1-4-7-21-40-28-18-10-23(11-19-28)31(36-27-16-14-26(35)15-17-27)29(33(38)39-6-3)22-30(41-20-5-2)32(37)24-8-12-25(34)13-9-24/h5,8-19,29-31,36H,2,4,6-7,20-22H2,1,3H3. The molecule has 0 amide bonds. The molecule has 0 aromatic heterocycles. The van der Waals surface area contributed by atoms with E-state index < -0.39 is 41.5 Å². The molecule has 3 unspecified atom stereocenters. The molecule has 218 valence electrons. The van der Waals surface area contributed by atoms with Crippen LogP contribution in [0.2, 0.25) is 0 Å². The van der Waals surface area contributed by atoms with Gasteiger partial charge in [0.25, 0.3) is 0 Å². The van der Waals surface area contributed by atoms with Gasteiger partial charge in [0.1, 0.15) is 23.5 Å². The molecule has 3 atom stereocenters. The summed E-state index contributed by atoms with van der Waals surface area (Å²) in [6.07, 6.45) is 2.35. The Morgan fingerprint density at radius 3 is 2.15 bits per heavy atom. The Morgan fingerprint density at radius 1 is 0.927 bits per heavy atom. The summed E-state index contributed by atoms with van der Waals surface area (Å²) in [7, 11) is 0. The highest BCUT2D eigenvalue weighted by Gasteiger charge is 2.36. The maximum absolute atomic E-state index is 13.7. The molecule has 0 bridgehead atoms. The molecule has 0 aliphatic rings. The fraction of sp³-hybridized carbons (Fsp3) is 0.333. The van der Waals surface area contributed by atoms with Crippen LogP contribution in [0.3, 0.4) is 0 Å². The second kappa shape index (κ2) is 16.3. The first-order valence-electron chi connectivity index (χ1n) is 13.8. The Balaban J connectivity index is 2.01. The van der Waals surface area contributed by atoms with Crippen molar-refractivity contribution in [3.63, 3.8) is 0 Å². The van der Waals surface area contributed by atoms with E-state index in [1.807, 2.05) is 24.3 Å². The number of carbonyl (C=O) groups is 2. The van der Waals surface area contributed by atoms with Gasteiger partial charge in [-0.05, 0) is 86.0 Å². The Morgan fingerprint density at radius 2 is 1.56 bits per heavy atom. The number of anilines is 1. The van der Waals surface area contributed by atoms with Crippen molar-refractivity contribution < 1.29 is 32.6 Å². The van der Waals surface area contributed by atoms with E-state index in [1.54, 1.807) is 19.1 Å². The van der Waals surface area contributed by atoms with Crippen LogP contribution in [-0.2, 0) is 14.3 Å². The van der Waals surface area contributed by atoms with Crippen molar-refractivity contribution in [3.8, 4) is 5.75 Å². The van der Waals surface area contributed by atoms with Crippen molar-refractivity contribution in [2.45, 2.75) is 45.3 Å². The van der Waals surface area contributed by atoms with Crippen molar-refractivity contribution >= 4 is 17.4 Å². The molecule has 0 aliphatic carbocycles. The number of unbranched alkanes of at least 4 members (excludes halogenated alkanes) is 1. The predicted molar refractivity (Wildman–Crippen MR) is 155 cm³/mol. The summed E-state index contributed by atoms with van der Waals surface area (Å²) >= 11 is 0. The van der Waals surface area contributed by atoms with Crippen molar-refractivity contribution in [2.24, 2.45) is 5.92 Å². The van der Waals surface area contributed by atoms with E-state index >= 15 is 0 Å². The van der Waals surface area contributed by atoms with Gasteiger partial charge >= 0.3 is 5.97 Å². The van der Waals surface area contributed by atoms with Gasteiger partial charge in [-0.3, -0.25) is 9.59 Å². The van der Waals surface area contributed by atoms with E-state index in [2.05, 4.69) is 18.8 Å². The topological polar surface area (TPSA) is 73.9 Å². The zero-order valence-corrected chi connectivity index (χ0v) is 23.5. The van der Waals surface area contributed by atoms with E-state index in [1.165, 1.54) is 42.5 Å². The molecule has 41 heavy (non-hydrogen) atoms. The first kappa shape index (κ1) is 31.5. The Bertz CT molecular complexity index is 1250. The third-order valence-corrected chi connectivity index (χ3v) is 6.47. The van der Waals surface area contributed by atoms with E-state index in [4.69, 9.17) is 14.2 Å². The summed E-state index contributed by atoms with van der Waals surface area (Å²) in [5, 5.41) is 3.34. The second-order valence-electron chi connectivity index (χ2n) is 9.48. The zero-order valence-electron chi connectivity index (χ0n) is 23.5. The summed E-state index contributed by atoms with van der Waals surface area (Å²) in [6, 6.07) is 17.6. The highest BCUT2D eigenvalue weighted by molar-refractivity contribution is 5.99. The van der Waals surface area contributed by atoms with Crippen LogP contribution in [0, 0.1) is 17.6 Å². The van der Waals surface area contributed by atoms with Gasteiger partial charge in [0.05, 0.1) is 31.8 Å². The number of halogens is 2. The Kier molecular flexibility index (Phi) is 12.5. The molecule has 0 saturated carbocycles. The van der Waals surface area contributed by atoms with Crippen LogP contribution < -0.4 is 10.1 Å². The first-order chi connectivity index (χ1) is 19.9. The number of carbonyl (C=O) groups excluding carboxylic acids is 2. The summed E-state index contributed by atoms with van der Waals surface area (Å²) in [6.45, 7) is 8.24. The summed E-state index contributed by atoms with van der Waals surface area (Å²) in [5.74, 6) is -2.01. The molecule has 0 spiro atoms. The molecule has 1 N–H and O–H groups in total. The lowest BCUT2D eigenvalue weighted by molar-refractivity contribution is -0.149. The minimum atomic E-state index is -1.05. The smallest absolute Gasteiger partial charge is 0.311 e. The number of benzene rings is 3. The van der Waals surface area contributed by atoms with Crippen LogP contribution in [-0.4, -0.2) is 37.7 Å². The summed E-state index contributed by atoms with van der Waals surface area (Å²) < 4.78 is 44.3. The molecular weight excluding hydrogens is 528 g/mol. The number of ketones is 1. The highest BCUT2D eigenvalue weighted by Crippen LogP contribution is 2.33. The number of hydrogen-bond donors (Lipinski definition) is 1. The summed E-state index contributed by atoms with van der Waals surface area (Å²) in [4.78, 5) is 27.0. The Hall–Kier alpha value is -4.04. The predicted octanol–water partition coefficient (Wildman–Crippen LogP) is 7.32. The van der Waals surface area contributed by atoms with Gasteiger partial charge < -0.3 is 19.5 Å². The number of ether oxygens (including phenoxy) is 3. The van der Waals surface area contributed by atoms with Crippen LogP contribution >= 0.6 is 0 Å². The van der Waals surface area contributed by atoms with Gasteiger partial charge in [-0.2, -0.15) is 0 Å². The van der Waals surface area contributed by atoms with Crippen LogP contribution in [0.4, 0.5) is 14.5 Å². The van der Waals surface area contributed by atoms with E-state index in [0.29, 0.717) is 18.0 Å². The van der Waals surface area contributed by atoms with Gasteiger partial charge in [0.15, 0.2) is 5.78 Å². The number of esters is 1. The van der Waals surface area contributed by atoms with Gasteiger partial charge in [-0.15, -0.1) is 6.58 Å². The fourth-order valence-corrected chi connectivity index (χ4v) is 4.33. The molecule has 3 aromatic carbocycles. The summed E-state index contributed by atoms with van der Waals surface area (Å²) in [5.41, 5.74) is 1.55. The molecule has 0 heterocycles. The minimum Gasteiger partial charge on any atom is -0.494 e. The maximum atomic E-state index is 13.7. The molecule has 0 saturated heterocycles. The van der Waals surface area contributed by atoms with Gasteiger partial charge in [-0.1, -0.05) is 31.6 Å². The van der Waals surface area contributed by atoms with Crippen molar-refractivity contribution in [1.82, 2.24) is 0 Å². The molecule has 3 aromatic rings. The van der Waals surface area contributed by atoms with Crippen LogP contribution in [0.15, 0.2) is 85.5 Å². The molecular formula is C33H37F2NO5. The largest absolute Gasteiger partial charge is 0.494 e. The first-order valence-corrected chi connectivity index (χ1v) is 13.8. The van der Waals surface area contributed by atoms with Crippen molar-refractivity contribution in [3.05, 3.63) is 108 Å². The molecule has 3 rings (SSSR count). The average Bonchev–Trinajstić information content (AvgIpc) is 2.98.